The van der Waals surface area contributed by atoms with Crippen molar-refractivity contribution < 1.29 is 27.0 Å². The predicted molar refractivity (Wildman–Crippen MR) is 107 cm³/mol. The molecule has 0 radical (unpaired) electrons. The minimum atomic E-state index is -3.90. The molecule has 1 unspecified atom stereocenters. The third kappa shape index (κ3) is 3.76. The van der Waals surface area contributed by atoms with E-state index < -0.39 is 21.2 Å². The first-order valence-electron chi connectivity index (χ1n) is 8.22. The SMILES string of the molecule is COc1cc(OC)c(C2SCCN2S(=O)(=O)c2ccc(F)c(Cl)c2)cc1OC. The van der Waals surface area contributed by atoms with Crippen LogP contribution in [0.15, 0.2) is 35.2 Å². The van der Waals surface area contributed by atoms with Gasteiger partial charge in [-0.25, -0.2) is 12.8 Å². The van der Waals surface area contributed by atoms with Crippen molar-refractivity contribution in [2.24, 2.45) is 0 Å². The Morgan fingerprint density at radius 2 is 1.71 bits per heavy atom. The van der Waals surface area contributed by atoms with E-state index in [2.05, 4.69) is 0 Å². The third-order valence-electron chi connectivity index (χ3n) is 4.35. The van der Waals surface area contributed by atoms with Gasteiger partial charge in [-0.15, -0.1) is 11.8 Å². The summed E-state index contributed by atoms with van der Waals surface area (Å²) in [5.74, 6) is 1.35. The monoisotopic (exact) mass is 447 g/mol. The van der Waals surface area contributed by atoms with Crippen LogP contribution in [-0.4, -0.2) is 46.4 Å². The Labute approximate surface area is 172 Å². The number of hydrogen-bond acceptors (Lipinski definition) is 6. The van der Waals surface area contributed by atoms with Crippen LogP contribution < -0.4 is 14.2 Å². The molecule has 0 aliphatic carbocycles. The molecule has 10 heteroatoms. The van der Waals surface area contributed by atoms with Gasteiger partial charge in [0.15, 0.2) is 11.5 Å². The van der Waals surface area contributed by atoms with Crippen molar-refractivity contribution in [3.8, 4) is 17.2 Å². The van der Waals surface area contributed by atoms with Crippen molar-refractivity contribution in [2.75, 3.05) is 33.6 Å². The molecule has 1 aliphatic rings. The molecule has 6 nitrogen and oxygen atoms in total. The zero-order valence-corrected chi connectivity index (χ0v) is 17.8. The third-order valence-corrected chi connectivity index (χ3v) is 7.87. The standard InChI is InChI=1S/C18H19ClFNO5S2/c1-24-15-10-17(26-3)16(25-2)9-12(15)18-21(6-7-27-18)28(22,23)11-4-5-14(20)13(19)8-11/h4-5,8-10,18H,6-7H2,1-3H3. The van der Waals surface area contributed by atoms with Gasteiger partial charge in [-0.1, -0.05) is 11.6 Å². The highest BCUT2D eigenvalue weighted by Gasteiger charge is 2.39. The first-order valence-corrected chi connectivity index (χ1v) is 11.1. The Balaban J connectivity index is 2.06. The van der Waals surface area contributed by atoms with E-state index in [1.54, 1.807) is 12.1 Å². The lowest BCUT2D eigenvalue weighted by molar-refractivity contribution is 0.344. The molecule has 152 valence electrons. The lowest BCUT2D eigenvalue weighted by atomic mass is 10.1. The van der Waals surface area contributed by atoms with Crippen LogP contribution in [0.4, 0.5) is 4.39 Å². The summed E-state index contributed by atoms with van der Waals surface area (Å²) in [5, 5.41) is -0.781. The molecule has 0 N–H and O–H groups in total. The molecule has 0 saturated carbocycles. The summed E-state index contributed by atoms with van der Waals surface area (Å²) >= 11 is 7.24. The quantitative estimate of drug-likeness (QED) is 0.668. The van der Waals surface area contributed by atoms with Gasteiger partial charge < -0.3 is 14.2 Å². The molecule has 0 aromatic heterocycles. The summed E-state index contributed by atoms with van der Waals surface area (Å²) in [4.78, 5) is -0.0640. The zero-order chi connectivity index (χ0) is 20.5. The maximum absolute atomic E-state index is 13.5. The van der Waals surface area contributed by atoms with Crippen LogP contribution in [0.1, 0.15) is 10.9 Å². The van der Waals surface area contributed by atoms with E-state index in [1.807, 2.05) is 0 Å². The van der Waals surface area contributed by atoms with Crippen molar-refractivity contribution in [1.82, 2.24) is 4.31 Å². The van der Waals surface area contributed by atoms with Crippen LogP contribution in [0.5, 0.6) is 17.2 Å². The molecule has 1 saturated heterocycles. The fourth-order valence-corrected chi connectivity index (χ4v) is 6.48. The van der Waals surface area contributed by atoms with E-state index in [9.17, 15) is 12.8 Å². The maximum atomic E-state index is 13.5. The molecule has 1 atom stereocenters. The summed E-state index contributed by atoms with van der Waals surface area (Å²) in [6.07, 6.45) is 0. The van der Waals surface area contributed by atoms with Gasteiger partial charge in [0.2, 0.25) is 10.0 Å². The lowest BCUT2D eigenvalue weighted by Gasteiger charge is -2.25. The van der Waals surface area contributed by atoms with Gasteiger partial charge in [0.25, 0.3) is 0 Å². The van der Waals surface area contributed by atoms with Crippen LogP contribution in [0.25, 0.3) is 0 Å². The van der Waals surface area contributed by atoms with Crippen LogP contribution in [0.3, 0.4) is 0 Å². The molecule has 28 heavy (non-hydrogen) atoms. The van der Waals surface area contributed by atoms with Crippen molar-refractivity contribution in [3.05, 3.63) is 46.7 Å². The van der Waals surface area contributed by atoms with E-state index in [0.717, 1.165) is 12.1 Å². The van der Waals surface area contributed by atoms with Crippen LogP contribution in [0, 0.1) is 5.82 Å². The van der Waals surface area contributed by atoms with Gasteiger partial charge in [-0.2, -0.15) is 4.31 Å². The molecule has 2 aromatic carbocycles. The second-order valence-corrected chi connectivity index (χ2v) is 9.35. The number of methoxy groups -OCH3 is 3. The van der Waals surface area contributed by atoms with Crippen molar-refractivity contribution in [1.29, 1.82) is 0 Å². The Morgan fingerprint density at radius 1 is 1.07 bits per heavy atom. The molecule has 0 amide bonds. The van der Waals surface area contributed by atoms with Crippen molar-refractivity contribution in [3.63, 3.8) is 0 Å². The summed E-state index contributed by atoms with van der Waals surface area (Å²) in [5.41, 5.74) is 0.638. The molecule has 0 spiro atoms. The number of nitrogens with zero attached hydrogens (tertiary/aromatic N) is 1. The second kappa shape index (κ2) is 8.36. The molecule has 2 aromatic rings. The van der Waals surface area contributed by atoms with E-state index in [-0.39, 0.29) is 9.92 Å². The summed E-state index contributed by atoms with van der Waals surface area (Å²) in [7, 11) is 0.616. The number of benzene rings is 2. The number of thioether (sulfide) groups is 1. The number of rotatable bonds is 6. The van der Waals surface area contributed by atoms with Crippen LogP contribution >= 0.6 is 23.4 Å². The largest absolute Gasteiger partial charge is 0.496 e. The van der Waals surface area contributed by atoms with Gasteiger partial charge in [0, 0.05) is 23.9 Å². The number of ether oxygens (including phenoxy) is 3. The Hall–Kier alpha value is -1.68. The molecule has 0 bridgehead atoms. The average molecular weight is 448 g/mol. The highest BCUT2D eigenvalue weighted by molar-refractivity contribution is 8.01. The molecule has 1 fully saturated rings. The molecule has 1 heterocycles. The first-order chi connectivity index (χ1) is 13.3. The van der Waals surface area contributed by atoms with Gasteiger partial charge in [0.05, 0.1) is 36.6 Å². The fraction of sp³-hybridized carbons (Fsp3) is 0.333. The molecule has 3 rings (SSSR count). The topological polar surface area (TPSA) is 65.1 Å². The van der Waals surface area contributed by atoms with Gasteiger partial charge in [-0.3, -0.25) is 0 Å². The fourth-order valence-electron chi connectivity index (χ4n) is 2.96. The Morgan fingerprint density at radius 3 is 2.32 bits per heavy atom. The van der Waals surface area contributed by atoms with E-state index in [0.29, 0.717) is 35.1 Å². The van der Waals surface area contributed by atoms with E-state index >= 15 is 0 Å². The highest BCUT2D eigenvalue weighted by atomic mass is 35.5. The molecule has 1 aliphatic heterocycles. The van der Waals surface area contributed by atoms with E-state index in [4.69, 9.17) is 25.8 Å². The Bertz CT molecular complexity index is 986. The minimum absolute atomic E-state index is 0.0640. The van der Waals surface area contributed by atoms with Gasteiger partial charge >= 0.3 is 0 Å². The van der Waals surface area contributed by atoms with Crippen LogP contribution in [0.2, 0.25) is 5.02 Å². The van der Waals surface area contributed by atoms with Gasteiger partial charge in [0.1, 0.15) is 11.6 Å². The number of halogens is 2. The zero-order valence-electron chi connectivity index (χ0n) is 15.4. The van der Waals surface area contributed by atoms with E-state index in [1.165, 1.54) is 43.5 Å². The van der Waals surface area contributed by atoms with Crippen molar-refractivity contribution >= 4 is 33.4 Å². The highest BCUT2D eigenvalue weighted by Crippen LogP contribution is 2.47. The van der Waals surface area contributed by atoms with Crippen LogP contribution in [-0.2, 0) is 10.0 Å². The number of sulfonamides is 1. The summed E-state index contributed by atoms with van der Waals surface area (Å²) < 4.78 is 57.3. The lowest BCUT2D eigenvalue weighted by Crippen LogP contribution is -2.30. The average Bonchev–Trinajstić information content (AvgIpc) is 3.19. The predicted octanol–water partition coefficient (Wildman–Crippen LogP) is 3.94. The summed E-state index contributed by atoms with van der Waals surface area (Å²) in [6.45, 7) is 0.296. The van der Waals surface area contributed by atoms with Gasteiger partial charge in [-0.05, 0) is 24.3 Å². The molecular weight excluding hydrogens is 429 g/mol. The Kier molecular flexibility index (Phi) is 6.28. The first kappa shape index (κ1) is 21.0. The number of hydrogen-bond donors (Lipinski definition) is 0. The normalized spacial score (nSPS) is 17.5. The maximum Gasteiger partial charge on any atom is 0.244 e. The second-order valence-electron chi connectivity index (χ2n) is 5.86. The molecular formula is C18H19ClFNO5S2. The van der Waals surface area contributed by atoms with Crippen molar-refractivity contribution in [2.45, 2.75) is 10.3 Å². The smallest absolute Gasteiger partial charge is 0.244 e. The minimum Gasteiger partial charge on any atom is -0.496 e. The summed E-state index contributed by atoms with van der Waals surface area (Å²) in [6, 6.07) is 6.75.